The first kappa shape index (κ1) is 23.1. The molecule has 1 unspecified atom stereocenters. The van der Waals surface area contributed by atoms with E-state index < -0.39 is 29.2 Å². The van der Waals surface area contributed by atoms with Gasteiger partial charge >= 0.3 is 6.18 Å². The van der Waals surface area contributed by atoms with E-state index in [1.807, 2.05) is 30.3 Å². The average molecular weight is 476 g/mol. The topological polar surface area (TPSA) is 43.6 Å². The summed E-state index contributed by atoms with van der Waals surface area (Å²) in [4.78, 5) is 18.0. The summed E-state index contributed by atoms with van der Waals surface area (Å²) >= 11 is 1.34. The predicted molar refractivity (Wildman–Crippen MR) is 119 cm³/mol. The van der Waals surface area contributed by atoms with Crippen LogP contribution in [-0.4, -0.2) is 23.1 Å². The molecule has 0 spiro atoms. The van der Waals surface area contributed by atoms with Gasteiger partial charge in [0.05, 0.1) is 16.6 Å². The SMILES string of the molecule is CON=C(c1ccccc1)C1CSc2c(Cc3c(F)cccc3C(F)(F)F)c(C)cc(=O)n21. The monoisotopic (exact) mass is 476 g/mol. The van der Waals surface area contributed by atoms with Crippen LogP contribution in [0.2, 0.25) is 0 Å². The fourth-order valence-corrected chi connectivity index (χ4v) is 5.44. The van der Waals surface area contributed by atoms with E-state index in [1.54, 1.807) is 6.92 Å². The van der Waals surface area contributed by atoms with Gasteiger partial charge in [-0.15, -0.1) is 11.8 Å². The van der Waals surface area contributed by atoms with Crippen LogP contribution in [0.15, 0.2) is 69.6 Å². The summed E-state index contributed by atoms with van der Waals surface area (Å²) < 4.78 is 56.7. The molecule has 1 aliphatic heterocycles. The Morgan fingerprint density at radius 3 is 2.55 bits per heavy atom. The Labute approximate surface area is 191 Å². The molecular formula is C24H20F4N2O2S. The highest BCUT2D eigenvalue weighted by atomic mass is 32.2. The summed E-state index contributed by atoms with van der Waals surface area (Å²) in [5.41, 5.74) is 0.543. The highest BCUT2D eigenvalue weighted by Gasteiger charge is 2.36. The van der Waals surface area contributed by atoms with E-state index >= 15 is 0 Å². The molecule has 33 heavy (non-hydrogen) atoms. The molecule has 2 heterocycles. The average Bonchev–Trinajstić information content (AvgIpc) is 3.21. The second kappa shape index (κ2) is 9.05. The maximum Gasteiger partial charge on any atom is 0.416 e. The van der Waals surface area contributed by atoms with Crippen molar-refractivity contribution in [2.24, 2.45) is 5.16 Å². The van der Waals surface area contributed by atoms with Crippen molar-refractivity contribution in [1.29, 1.82) is 0 Å². The van der Waals surface area contributed by atoms with Crippen molar-refractivity contribution in [3.63, 3.8) is 0 Å². The number of halogens is 4. The molecule has 4 rings (SSSR count). The van der Waals surface area contributed by atoms with E-state index in [2.05, 4.69) is 5.16 Å². The van der Waals surface area contributed by atoms with Crippen molar-refractivity contribution in [2.75, 3.05) is 12.9 Å². The fourth-order valence-electron chi connectivity index (χ4n) is 4.05. The molecule has 1 aliphatic rings. The predicted octanol–water partition coefficient (Wildman–Crippen LogP) is 5.60. The molecule has 0 N–H and O–H groups in total. The molecule has 0 fully saturated rings. The van der Waals surface area contributed by atoms with Crippen LogP contribution >= 0.6 is 11.8 Å². The summed E-state index contributed by atoms with van der Waals surface area (Å²) in [6, 6.07) is 13.0. The number of hydrogen-bond donors (Lipinski definition) is 0. The Balaban J connectivity index is 1.84. The second-order valence-corrected chi connectivity index (χ2v) is 8.62. The van der Waals surface area contributed by atoms with E-state index in [9.17, 15) is 22.4 Å². The van der Waals surface area contributed by atoms with Crippen molar-refractivity contribution < 1.29 is 22.4 Å². The van der Waals surface area contributed by atoms with Crippen molar-refractivity contribution in [1.82, 2.24) is 4.57 Å². The van der Waals surface area contributed by atoms with Crippen molar-refractivity contribution in [2.45, 2.75) is 30.6 Å². The lowest BCUT2D eigenvalue weighted by atomic mass is 9.96. The van der Waals surface area contributed by atoms with Crippen molar-refractivity contribution >= 4 is 17.5 Å². The summed E-state index contributed by atoms with van der Waals surface area (Å²) in [6.07, 6.45) is -4.98. The minimum atomic E-state index is -4.69. The Morgan fingerprint density at radius 2 is 1.88 bits per heavy atom. The number of nitrogens with zero attached hydrogens (tertiary/aromatic N) is 2. The van der Waals surface area contributed by atoms with Gasteiger partial charge in [-0.1, -0.05) is 41.6 Å². The normalized spacial score (nSPS) is 16.1. The molecule has 3 aromatic rings. The maximum atomic E-state index is 14.5. The molecule has 0 bridgehead atoms. The van der Waals surface area contributed by atoms with Gasteiger partial charge in [-0.05, 0) is 30.2 Å². The molecule has 4 nitrogen and oxygen atoms in total. The lowest BCUT2D eigenvalue weighted by Crippen LogP contribution is -2.30. The minimum absolute atomic E-state index is 0.287. The van der Waals surface area contributed by atoms with Gasteiger partial charge < -0.3 is 4.84 Å². The van der Waals surface area contributed by atoms with Crippen molar-refractivity contribution in [3.8, 4) is 0 Å². The van der Waals surface area contributed by atoms with Crippen LogP contribution in [-0.2, 0) is 17.4 Å². The van der Waals surface area contributed by atoms with Gasteiger partial charge in [-0.3, -0.25) is 9.36 Å². The number of alkyl halides is 3. The zero-order valence-corrected chi connectivity index (χ0v) is 18.6. The molecule has 0 aliphatic carbocycles. The molecule has 0 radical (unpaired) electrons. The van der Waals surface area contributed by atoms with Gasteiger partial charge in [-0.2, -0.15) is 13.2 Å². The van der Waals surface area contributed by atoms with Crippen LogP contribution in [0.1, 0.15) is 33.9 Å². The van der Waals surface area contributed by atoms with E-state index in [1.165, 1.54) is 29.5 Å². The van der Waals surface area contributed by atoms with Crippen LogP contribution in [0, 0.1) is 12.7 Å². The summed E-state index contributed by atoms with van der Waals surface area (Å²) in [7, 11) is 1.41. The molecule has 0 saturated carbocycles. The molecule has 9 heteroatoms. The van der Waals surface area contributed by atoms with Crippen LogP contribution in [0.5, 0.6) is 0 Å². The third-order valence-electron chi connectivity index (χ3n) is 5.57. The number of hydrogen-bond acceptors (Lipinski definition) is 4. The number of aromatic nitrogens is 1. The molecule has 0 amide bonds. The fraction of sp³-hybridized carbons (Fsp3) is 0.250. The number of rotatable bonds is 5. The van der Waals surface area contributed by atoms with Gasteiger partial charge in [0.1, 0.15) is 18.6 Å². The second-order valence-electron chi connectivity index (χ2n) is 7.61. The molecule has 0 saturated heterocycles. The van der Waals surface area contributed by atoms with E-state index in [-0.39, 0.29) is 12.0 Å². The number of pyridine rings is 1. The first-order chi connectivity index (χ1) is 15.7. The van der Waals surface area contributed by atoms with Crippen LogP contribution in [0.25, 0.3) is 0 Å². The lowest BCUT2D eigenvalue weighted by Gasteiger charge is -2.19. The third-order valence-corrected chi connectivity index (χ3v) is 6.77. The largest absolute Gasteiger partial charge is 0.416 e. The zero-order valence-electron chi connectivity index (χ0n) is 17.8. The first-order valence-electron chi connectivity index (χ1n) is 10.1. The van der Waals surface area contributed by atoms with Gasteiger partial charge in [-0.25, -0.2) is 4.39 Å². The van der Waals surface area contributed by atoms with Crippen LogP contribution in [0.3, 0.4) is 0 Å². The van der Waals surface area contributed by atoms with Crippen molar-refractivity contribution in [3.05, 3.63) is 98.6 Å². The molecular weight excluding hydrogens is 456 g/mol. The van der Waals surface area contributed by atoms with E-state index in [0.717, 1.165) is 23.8 Å². The molecule has 172 valence electrons. The Bertz CT molecular complexity index is 1270. The quantitative estimate of drug-likeness (QED) is 0.273. The van der Waals surface area contributed by atoms with Crippen LogP contribution in [0.4, 0.5) is 17.6 Å². The Morgan fingerprint density at radius 1 is 1.15 bits per heavy atom. The number of thioether (sulfide) groups is 1. The Hall–Kier alpha value is -3.07. The van der Waals surface area contributed by atoms with Gasteiger partial charge in [0.2, 0.25) is 0 Å². The number of aryl methyl sites for hydroxylation is 1. The smallest absolute Gasteiger partial charge is 0.399 e. The van der Waals surface area contributed by atoms with Crippen LogP contribution < -0.4 is 5.56 Å². The van der Waals surface area contributed by atoms with E-state index in [4.69, 9.17) is 4.84 Å². The number of benzene rings is 2. The molecule has 2 aromatic carbocycles. The highest BCUT2D eigenvalue weighted by molar-refractivity contribution is 7.99. The van der Waals surface area contributed by atoms with Gasteiger partial charge in [0.25, 0.3) is 5.56 Å². The summed E-state index contributed by atoms with van der Waals surface area (Å²) in [5, 5.41) is 4.66. The standard InChI is InChI=1S/C24H20F4N2O2S/c1-14-11-21(31)30-20(22(29-32-2)15-7-4-3-5-8-15)13-33-23(30)16(14)12-17-18(24(26,27)28)9-6-10-19(17)25/h3-11,20H,12-13H2,1-2H3. The first-order valence-corrected chi connectivity index (χ1v) is 11.1. The summed E-state index contributed by atoms with van der Waals surface area (Å²) in [6.45, 7) is 1.65. The highest BCUT2D eigenvalue weighted by Crippen LogP contribution is 2.40. The third kappa shape index (κ3) is 4.42. The zero-order chi connectivity index (χ0) is 23.8. The number of fused-ring (bicyclic) bond motifs is 1. The summed E-state index contributed by atoms with van der Waals surface area (Å²) in [5.74, 6) is -0.494. The molecule has 1 aromatic heterocycles. The van der Waals surface area contributed by atoms with Gasteiger partial charge in [0, 0.05) is 29.4 Å². The number of oxime groups is 1. The maximum absolute atomic E-state index is 14.5. The lowest BCUT2D eigenvalue weighted by molar-refractivity contribution is -0.138. The minimum Gasteiger partial charge on any atom is -0.399 e. The van der Waals surface area contributed by atoms with E-state index in [0.29, 0.717) is 27.6 Å². The Kier molecular flexibility index (Phi) is 6.34. The van der Waals surface area contributed by atoms with Gasteiger partial charge in [0.15, 0.2) is 0 Å². The molecule has 1 atom stereocenters.